The number of carbonyl (C=O) groups is 1. The van der Waals surface area contributed by atoms with Crippen molar-refractivity contribution in [3.63, 3.8) is 0 Å². The molecule has 1 saturated heterocycles. The molecule has 0 unspecified atom stereocenters. The zero-order chi connectivity index (χ0) is 14.7. The number of amides is 1. The topological polar surface area (TPSA) is 87.2 Å². The summed E-state index contributed by atoms with van der Waals surface area (Å²) in [4.78, 5) is 12.1. The standard InChI is InChI=1S/C15H23N3O3/c19-8-15(9-21-10-15)7-16-14(20)13-6-12(17-18-13)11-4-2-1-3-5-11/h6,11,19H,1-5,7-10H2,(H,16,20)(H,17,18). The zero-order valence-electron chi connectivity index (χ0n) is 12.2. The number of nitrogens with zero attached hydrogens (tertiary/aromatic N) is 1. The van der Waals surface area contributed by atoms with Gasteiger partial charge in [-0.1, -0.05) is 19.3 Å². The van der Waals surface area contributed by atoms with Crippen LogP contribution in [0.5, 0.6) is 0 Å². The summed E-state index contributed by atoms with van der Waals surface area (Å²) in [6, 6.07) is 1.87. The molecule has 6 heteroatoms. The summed E-state index contributed by atoms with van der Waals surface area (Å²) in [6.45, 7) is 1.45. The maximum atomic E-state index is 12.1. The van der Waals surface area contributed by atoms with Crippen LogP contribution in [-0.2, 0) is 4.74 Å². The fourth-order valence-corrected chi connectivity index (χ4v) is 3.07. The first-order chi connectivity index (χ1) is 10.2. The van der Waals surface area contributed by atoms with E-state index in [1.165, 1.54) is 32.1 Å². The SMILES string of the molecule is O=C(NCC1(CO)COC1)c1cc(C2CCCCC2)[nH]n1. The van der Waals surface area contributed by atoms with Crippen LogP contribution in [-0.4, -0.2) is 47.6 Å². The van der Waals surface area contributed by atoms with Gasteiger partial charge in [-0.05, 0) is 18.9 Å². The molecule has 3 N–H and O–H groups in total. The number of aliphatic hydroxyl groups excluding tert-OH is 1. The number of rotatable bonds is 5. The minimum Gasteiger partial charge on any atom is -0.396 e. The number of nitrogens with one attached hydrogen (secondary N) is 2. The molecular formula is C15H23N3O3. The van der Waals surface area contributed by atoms with Crippen LogP contribution in [0.1, 0.15) is 54.2 Å². The predicted octanol–water partition coefficient (Wildman–Crippen LogP) is 1.20. The Bertz CT molecular complexity index is 485. The van der Waals surface area contributed by atoms with Gasteiger partial charge in [-0.15, -0.1) is 0 Å². The number of ether oxygens (including phenoxy) is 1. The Hall–Kier alpha value is -1.40. The summed E-state index contributed by atoms with van der Waals surface area (Å²) in [5, 5.41) is 19.3. The molecule has 0 radical (unpaired) electrons. The van der Waals surface area contributed by atoms with E-state index in [2.05, 4.69) is 15.5 Å². The Morgan fingerprint density at radius 1 is 1.43 bits per heavy atom. The van der Waals surface area contributed by atoms with Crippen LogP contribution in [0.3, 0.4) is 0 Å². The molecule has 1 saturated carbocycles. The lowest BCUT2D eigenvalue weighted by Crippen LogP contribution is -2.53. The minimum absolute atomic E-state index is 0.0289. The molecule has 6 nitrogen and oxygen atoms in total. The fraction of sp³-hybridized carbons (Fsp3) is 0.733. The first kappa shape index (κ1) is 14.5. The second-order valence-electron chi connectivity index (χ2n) is 6.38. The highest BCUT2D eigenvalue weighted by Crippen LogP contribution is 2.31. The molecule has 3 rings (SSSR count). The molecule has 1 aliphatic heterocycles. The Morgan fingerprint density at radius 3 is 2.81 bits per heavy atom. The number of carbonyl (C=O) groups excluding carboxylic acids is 1. The van der Waals surface area contributed by atoms with Gasteiger partial charge in [-0.25, -0.2) is 0 Å². The third-order valence-corrected chi connectivity index (χ3v) is 4.65. The van der Waals surface area contributed by atoms with Crippen LogP contribution in [0.15, 0.2) is 6.07 Å². The lowest BCUT2D eigenvalue weighted by Gasteiger charge is -2.39. The molecule has 0 atom stereocenters. The van der Waals surface area contributed by atoms with Crippen LogP contribution < -0.4 is 5.32 Å². The van der Waals surface area contributed by atoms with Gasteiger partial charge in [0.2, 0.25) is 0 Å². The van der Waals surface area contributed by atoms with E-state index >= 15 is 0 Å². The summed E-state index contributed by atoms with van der Waals surface area (Å²) in [5.74, 6) is 0.324. The number of aromatic nitrogens is 2. The second kappa shape index (κ2) is 6.15. The van der Waals surface area contributed by atoms with Crippen LogP contribution >= 0.6 is 0 Å². The maximum absolute atomic E-state index is 12.1. The van der Waals surface area contributed by atoms with E-state index in [-0.39, 0.29) is 17.9 Å². The number of hydrogen-bond donors (Lipinski definition) is 3. The van der Waals surface area contributed by atoms with Crippen LogP contribution in [0, 0.1) is 5.41 Å². The average molecular weight is 293 g/mol. The van der Waals surface area contributed by atoms with Crippen LogP contribution in [0.2, 0.25) is 0 Å². The first-order valence-electron chi connectivity index (χ1n) is 7.75. The van der Waals surface area contributed by atoms with Gasteiger partial charge in [0, 0.05) is 18.2 Å². The highest BCUT2D eigenvalue weighted by atomic mass is 16.5. The van der Waals surface area contributed by atoms with Gasteiger partial charge >= 0.3 is 0 Å². The molecule has 2 aliphatic rings. The number of hydrogen-bond acceptors (Lipinski definition) is 4. The molecule has 1 aromatic heterocycles. The summed E-state index contributed by atoms with van der Waals surface area (Å²) in [6.07, 6.45) is 6.17. The van der Waals surface area contributed by atoms with Gasteiger partial charge in [0.15, 0.2) is 0 Å². The van der Waals surface area contributed by atoms with Crippen molar-refractivity contribution in [2.45, 2.75) is 38.0 Å². The monoisotopic (exact) mass is 293 g/mol. The Labute approximate surface area is 124 Å². The van der Waals surface area contributed by atoms with Crippen LogP contribution in [0.4, 0.5) is 0 Å². The van der Waals surface area contributed by atoms with E-state index in [0.717, 1.165) is 5.69 Å². The van der Waals surface area contributed by atoms with Crippen molar-refractivity contribution in [2.24, 2.45) is 5.41 Å². The fourth-order valence-electron chi connectivity index (χ4n) is 3.07. The summed E-state index contributed by atoms with van der Waals surface area (Å²) >= 11 is 0. The zero-order valence-corrected chi connectivity index (χ0v) is 12.2. The smallest absolute Gasteiger partial charge is 0.271 e. The lowest BCUT2D eigenvalue weighted by molar-refractivity contribution is -0.133. The van der Waals surface area contributed by atoms with Crippen molar-refractivity contribution in [3.05, 3.63) is 17.5 Å². The molecule has 2 fully saturated rings. The van der Waals surface area contributed by atoms with Crippen molar-refractivity contribution in [1.82, 2.24) is 15.5 Å². The van der Waals surface area contributed by atoms with Gasteiger partial charge in [0.25, 0.3) is 5.91 Å². The van der Waals surface area contributed by atoms with Gasteiger partial charge in [-0.3, -0.25) is 9.89 Å². The maximum Gasteiger partial charge on any atom is 0.271 e. The van der Waals surface area contributed by atoms with E-state index in [9.17, 15) is 9.90 Å². The quantitative estimate of drug-likeness (QED) is 0.761. The van der Waals surface area contributed by atoms with Gasteiger partial charge in [0.05, 0.1) is 25.2 Å². The number of H-pyrrole nitrogens is 1. The van der Waals surface area contributed by atoms with E-state index in [1.54, 1.807) is 0 Å². The van der Waals surface area contributed by atoms with E-state index in [1.807, 2.05) is 6.07 Å². The number of aromatic amines is 1. The van der Waals surface area contributed by atoms with Crippen LogP contribution in [0.25, 0.3) is 0 Å². The molecule has 116 valence electrons. The van der Waals surface area contributed by atoms with E-state index in [4.69, 9.17) is 4.74 Å². The predicted molar refractivity (Wildman–Crippen MR) is 77.1 cm³/mol. The van der Waals surface area contributed by atoms with Gasteiger partial charge in [0.1, 0.15) is 5.69 Å². The van der Waals surface area contributed by atoms with E-state index in [0.29, 0.717) is 31.4 Å². The number of aliphatic hydroxyl groups is 1. The van der Waals surface area contributed by atoms with Crippen molar-refractivity contribution >= 4 is 5.91 Å². The molecule has 0 aromatic carbocycles. The van der Waals surface area contributed by atoms with Crippen molar-refractivity contribution < 1.29 is 14.6 Å². The third kappa shape index (κ3) is 3.11. The largest absolute Gasteiger partial charge is 0.396 e. The highest BCUT2D eigenvalue weighted by Gasteiger charge is 2.38. The average Bonchev–Trinajstić information content (AvgIpc) is 2.97. The van der Waals surface area contributed by atoms with Gasteiger partial charge < -0.3 is 15.2 Å². The third-order valence-electron chi connectivity index (χ3n) is 4.65. The molecular weight excluding hydrogens is 270 g/mol. The summed E-state index contributed by atoms with van der Waals surface area (Å²) < 4.78 is 5.12. The first-order valence-corrected chi connectivity index (χ1v) is 7.75. The van der Waals surface area contributed by atoms with Crippen molar-refractivity contribution in [1.29, 1.82) is 0 Å². The Balaban J connectivity index is 1.56. The molecule has 1 amide bonds. The Morgan fingerprint density at radius 2 is 2.19 bits per heavy atom. The lowest BCUT2D eigenvalue weighted by atomic mass is 9.86. The van der Waals surface area contributed by atoms with E-state index < -0.39 is 0 Å². The summed E-state index contributed by atoms with van der Waals surface area (Å²) in [5.41, 5.74) is 1.20. The minimum atomic E-state index is -0.307. The molecule has 0 spiro atoms. The Kier molecular flexibility index (Phi) is 4.26. The molecule has 1 aromatic rings. The second-order valence-corrected chi connectivity index (χ2v) is 6.38. The van der Waals surface area contributed by atoms with Crippen molar-refractivity contribution in [2.75, 3.05) is 26.4 Å². The van der Waals surface area contributed by atoms with Crippen molar-refractivity contribution in [3.8, 4) is 0 Å². The molecule has 1 aliphatic carbocycles. The molecule has 21 heavy (non-hydrogen) atoms. The molecule has 2 heterocycles. The highest BCUT2D eigenvalue weighted by molar-refractivity contribution is 5.92. The van der Waals surface area contributed by atoms with Gasteiger partial charge in [-0.2, -0.15) is 5.10 Å². The molecule has 0 bridgehead atoms. The normalized spacial score (nSPS) is 21.8. The summed E-state index contributed by atoms with van der Waals surface area (Å²) in [7, 11) is 0.